The van der Waals surface area contributed by atoms with Gasteiger partial charge in [0.25, 0.3) is 10.0 Å². The lowest BCUT2D eigenvalue weighted by molar-refractivity contribution is -0.114. The Hall–Kier alpha value is -2.05. The van der Waals surface area contributed by atoms with Gasteiger partial charge < -0.3 is 5.32 Å². The summed E-state index contributed by atoms with van der Waals surface area (Å²) in [6.45, 7) is 3.12. The number of hydrogen-bond acceptors (Lipinski definition) is 3. The van der Waals surface area contributed by atoms with E-state index in [1.807, 2.05) is 0 Å². The van der Waals surface area contributed by atoms with E-state index in [0.29, 0.717) is 22.0 Å². The van der Waals surface area contributed by atoms with Crippen LogP contribution in [0.5, 0.6) is 0 Å². The molecule has 22 heavy (non-hydrogen) atoms. The molecule has 7 heteroatoms. The largest absolute Gasteiger partial charge is 0.326 e. The second-order valence-corrected chi connectivity index (χ2v) is 6.89. The smallest absolute Gasteiger partial charge is 0.261 e. The van der Waals surface area contributed by atoms with Gasteiger partial charge in [0.15, 0.2) is 0 Å². The SMILES string of the molecule is CC(=O)Nc1ccc(S(=O)(=O)Nc2ccc(Cl)cc2)cc1C. The number of benzene rings is 2. The number of carbonyl (C=O) groups is 1. The van der Waals surface area contributed by atoms with E-state index in [1.165, 1.54) is 19.1 Å². The van der Waals surface area contributed by atoms with Gasteiger partial charge in [-0.2, -0.15) is 0 Å². The second-order valence-electron chi connectivity index (χ2n) is 4.77. The van der Waals surface area contributed by atoms with E-state index in [-0.39, 0.29) is 10.8 Å². The molecule has 0 aliphatic heterocycles. The zero-order valence-corrected chi connectivity index (χ0v) is 13.6. The minimum atomic E-state index is -3.70. The predicted molar refractivity (Wildman–Crippen MR) is 87.7 cm³/mol. The van der Waals surface area contributed by atoms with Gasteiger partial charge in [-0.25, -0.2) is 8.42 Å². The fourth-order valence-electron chi connectivity index (χ4n) is 1.87. The highest BCUT2D eigenvalue weighted by molar-refractivity contribution is 7.92. The third-order valence-corrected chi connectivity index (χ3v) is 4.55. The van der Waals surface area contributed by atoms with E-state index in [0.717, 1.165) is 0 Å². The molecule has 2 aromatic rings. The molecular weight excluding hydrogens is 324 g/mol. The lowest BCUT2D eigenvalue weighted by Crippen LogP contribution is -2.14. The summed E-state index contributed by atoms with van der Waals surface area (Å²) < 4.78 is 27.2. The van der Waals surface area contributed by atoms with Crippen LogP contribution in [-0.4, -0.2) is 14.3 Å². The summed E-state index contributed by atoms with van der Waals surface area (Å²) in [6.07, 6.45) is 0. The third kappa shape index (κ3) is 3.99. The Morgan fingerprint density at radius 1 is 1.09 bits per heavy atom. The average Bonchev–Trinajstić information content (AvgIpc) is 2.43. The summed E-state index contributed by atoms with van der Waals surface area (Å²) in [5.41, 5.74) is 1.67. The highest BCUT2D eigenvalue weighted by Crippen LogP contribution is 2.22. The summed E-state index contributed by atoms with van der Waals surface area (Å²) in [6, 6.07) is 10.9. The minimum absolute atomic E-state index is 0.119. The molecule has 0 heterocycles. The van der Waals surface area contributed by atoms with Crippen LogP contribution in [0.4, 0.5) is 11.4 Å². The molecule has 2 N–H and O–H groups in total. The van der Waals surface area contributed by atoms with Crippen LogP contribution in [-0.2, 0) is 14.8 Å². The zero-order valence-electron chi connectivity index (χ0n) is 12.1. The van der Waals surface area contributed by atoms with Crippen molar-refractivity contribution in [1.82, 2.24) is 0 Å². The first-order valence-corrected chi connectivity index (χ1v) is 8.31. The van der Waals surface area contributed by atoms with Gasteiger partial charge in [-0.05, 0) is 55.0 Å². The number of carbonyl (C=O) groups excluding carboxylic acids is 1. The van der Waals surface area contributed by atoms with Crippen molar-refractivity contribution >= 4 is 38.9 Å². The van der Waals surface area contributed by atoms with Crippen molar-refractivity contribution in [3.63, 3.8) is 0 Å². The van der Waals surface area contributed by atoms with Crippen LogP contribution in [0, 0.1) is 6.92 Å². The topological polar surface area (TPSA) is 75.3 Å². The molecule has 2 aromatic carbocycles. The summed E-state index contributed by atoms with van der Waals surface area (Å²) in [4.78, 5) is 11.2. The first kappa shape index (κ1) is 16.3. The van der Waals surface area contributed by atoms with Crippen molar-refractivity contribution < 1.29 is 13.2 Å². The maximum Gasteiger partial charge on any atom is 0.261 e. The van der Waals surface area contributed by atoms with Crippen molar-refractivity contribution in [2.75, 3.05) is 10.0 Å². The molecule has 0 saturated carbocycles. The average molecular weight is 339 g/mol. The van der Waals surface area contributed by atoms with E-state index < -0.39 is 10.0 Å². The molecule has 0 spiro atoms. The number of amides is 1. The Bertz CT molecular complexity index is 802. The Labute approximate surface area is 134 Å². The van der Waals surface area contributed by atoms with Crippen molar-refractivity contribution in [1.29, 1.82) is 0 Å². The fourth-order valence-corrected chi connectivity index (χ4v) is 3.13. The van der Waals surface area contributed by atoms with E-state index >= 15 is 0 Å². The summed E-state index contributed by atoms with van der Waals surface area (Å²) in [5.74, 6) is -0.210. The van der Waals surface area contributed by atoms with Gasteiger partial charge >= 0.3 is 0 Å². The molecule has 0 aliphatic carbocycles. The Balaban J connectivity index is 2.27. The molecule has 116 valence electrons. The molecule has 0 radical (unpaired) electrons. The minimum Gasteiger partial charge on any atom is -0.326 e. The maximum atomic E-state index is 12.3. The molecule has 0 bridgehead atoms. The first-order valence-electron chi connectivity index (χ1n) is 6.44. The Kier molecular flexibility index (Phi) is 4.73. The van der Waals surface area contributed by atoms with Crippen molar-refractivity contribution in [2.45, 2.75) is 18.7 Å². The molecule has 0 fully saturated rings. The zero-order chi connectivity index (χ0) is 16.3. The van der Waals surface area contributed by atoms with Gasteiger partial charge in [0.1, 0.15) is 0 Å². The van der Waals surface area contributed by atoms with Crippen molar-refractivity contribution in [3.8, 4) is 0 Å². The highest BCUT2D eigenvalue weighted by atomic mass is 35.5. The van der Waals surface area contributed by atoms with Crippen LogP contribution >= 0.6 is 11.6 Å². The number of rotatable bonds is 4. The van der Waals surface area contributed by atoms with Crippen LogP contribution < -0.4 is 10.0 Å². The lowest BCUT2D eigenvalue weighted by Gasteiger charge is -2.11. The van der Waals surface area contributed by atoms with Crippen molar-refractivity contribution in [2.24, 2.45) is 0 Å². The van der Waals surface area contributed by atoms with Gasteiger partial charge in [-0.1, -0.05) is 11.6 Å². The van der Waals surface area contributed by atoms with Crippen molar-refractivity contribution in [3.05, 3.63) is 53.1 Å². The normalized spacial score (nSPS) is 11.0. The molecule has 0 saturated heterocycles. The van der Waals surface area contributed by atoms with Crippen LogP contribution in [0.25, 0.3) is 0 Å². The fraction of sp³-hybridized carbons (Fsp3) is 0.133. The van der Waals surface area contributed by atoms with Crippen LogP contribution in [0.3, 0.4) is 0 Å². The molecule has 0 unspecified atom stereocenters. The highest BCUT2D eigenvalue weighted by Gasteiger charge is 2.15. The summed E-state index contributed by atoms with van der Waals surface area (Å²) >= 11 is 5.77. The van der Waals surface area contributed by atoms with Crippen LogP contribution in [0.15, 0.2) is 47.4 Å². The van der Waals surface area contributed by atoms with E-state index in [9.17, 15) is 13.2 Å². The monoisotopic (exact) mass is 338 g/mol. The summed E-state index contributed by atoms with van der Waals surface area (Å²) in [7, 11) is -3.70. The van der Waals surface area contributed by atoms with E-state index in [1.54, 1.807) is 37.3 Å². The molecule has 0 atom stereocenters. The maximum absolute atomic E-state index is 12.3. The quantitative estimate of drug-likeness (QED) is 0.897. The van der Waals surface area contributed by atoms with E-state index in [4.69, 9.17) is 11.6 Å². The predicted octanol–water partition coefficient (Wildman–Crippen LogP) is 3.41. The second kappa shape index (κ2) is 6.37. The molecule has 0 aromatic heterocycles. The van der Waals surface area contributed by atoms with Crippen LogP contribution in [0.2, 0.25) is 5.02 Å². The molecule has 0 aliphatic rings. The van der Waals surface area contributed by atoms with Gasteiger partial charge in [0, 0.05) is 23.3 Å². The third-order valence-electron chi connectivity index (χ3n) is 2.92. The molecule has 2 rings (SSSR count). The van der Waals surface area contributed by atoms with Crippen LogP contribution in [0.1, 0.15) is 12.5 Å². The lowest BCUT2D eigenvalue weighted by atomic mass is 10.2. The molecule has 1 amide bonds. The standard InChI is InChI=1S/C15H15ClN2O3S/c1-10-9-14(7-8-15(10)17-11(2)19)22(20,21)18-13-5-3-12(16)4-6-13/h3-9,18H,1-2H3,(H,17,19). The number of halogens is 1. The first-order chi connectivity index (χ1) is 10.3. The number of sulfonamides is 1. The number of anilines is 2. The number of hydrogen-bond donors (Lipinski definition) is 2. The molecular formula is C15H15ClN2O3S. The van der Waals surface area contributed by atoms with E-state index in [2.05, 4.69) is 10.0 Å². The summed E-state index contributed by atoms with van der Waals surface area (Å²) in [5, 5.41) is 3.17. The van der Waals surface area contributed by atoms with Gasteiger partial charge in [-0.15, -0.1) is 0 Å². The Morgan fingerprint density at radius 2 is 1.73 bits per heavy atom. The van der Waals surface area contributed by atoms with Gasteiger partial charge in [0.2, 0.25) is 5.91 Å². The number of nitrogens with one attached hydrogen (secondary N) is 2. The molecule has 5 nitrogen and oxygen atoms in total. The Morgan fingerprint density at radius 3 is 2.27 bits per heavy atom. The number of aryl methyl sites for hydroxylation is 1. The van der Waals surface area contributed by atoms with Gasteiger partial charge in [-0.3, -0.25) is 9.52 Å². The van der Waals surface area contributed by atoms with Gasteiger partial charge in [0.05, 0.1) is 4.90 Å².